The van der Waals surface area contributed by atoms with Gasteiger partial charge in [-0.3, -0.25) is 0 Å². The zero-order chi connectivity index (χ0) is 12.2. The molecule has 0 unspecified atom stereocenters. The van der Waals surface area contributed by atoms with Crippen molar-refractivity contribution in [3.8, 4) is 0 Å². The number of hydrogen-bond acceptors (Lipinski definition) is 5. The molecule has 0 amide bonds. The first kappa shape index (κ1) is 12.8. The van der Waals surface area contributed by atoms with Crippen molar-refractivity contribution in [2.45, 2.75) is 12.5 Å². The zero-order valence-electron chi connectivity index (χ0n) is 9.27. The minimum absolute atomic E-state index is 0.367. The molecule has 5 nitrogen and oxygen atoms in total. The second-order valence-electron chi connectivity index (χ2n) is 3.95. The molecule has 0 aromatic heterocycles. The van der Waals surface area contributed by atoms with Gasteiger partial charge in [-0.2, -0.15) is 0 Å². The fourth-order valence-electron chi connectivity index (χ4n) is 1.33. The number of aliphatic hydroxyl groups is 3. The van der Waals surface area contributed by atoms with E-state index in [1.54, 1.807) is 12.1 Å². The molecule has 0 saturated heterocycles. The van der Waals surface area contributed by atoms with E-state index in [1.807, 2.05) is 13.0 Å². The zero-order valence-corrected chi connectivity index (χ0v) is 9.27. The Balaban J connectivity index is 2.97. The Morgan fingerprint density at radius 3 is 2.25 bits per heavy atom. The Bertz CT molecular complexity index is 343. The number of nitrogen functional groups attached to an aromatic ring is 1. The molecule has 1 rings (SSSR count). The molecule has 6 N–H and O–H groups in total. The number of rotatable bonds is 5. The summed E-state index contributed by atoms with van der Waals surface area (Å²) in [4.78, 5) is 0. The van der Waals surface area contributed by atoms with E-state index < -0.39 is 5.54 Å². The van der Waals surface area contributed by atoms with Crippen LogP contribution in [0.15, 0.2) is 18.2 Å². The topological polar surface area (TPSA) is 98.7 Å². The summed E-state index contributed by atoms with van der Waals surface area (Å²) in [5.41, 5.74) is 6.71. The van der Waals surface area contributed by atoms with Crippen LogP contribution in [0.4, 0.5) is 11.4 Å². The molecule has 5 heteroatoms. The summed E-state index contributed by atoms with van der Waals surface area (Å²) in [5, 5.41) is 30.5. The minimum atomic E-state index is -1.13. The summed E-state index contributed by atoms with van der Waals surface area (Å²) in [6, 6.07) is 5.29. The van der Waals surface area contributed by atoms with Crippen molar-refractivity contribution in [2.24, 2.45) is 0 Å². The van der Waals surface area contributed by atoms with Gasteiger partial charge in [-0.25, -0.2) is 0 Å². The number of nitrogens with one attached hydrogen (secondary N) is 1. The average Bonchev–Trinajstić information content (AvgIpc) is 2.31. The van der Waals surface area contributed by atoms with Crippen LogP contribution in [0.1, 0.15) is 5.56 Å². The number of anilines is 2. The fraction of sp³-hybridized carbons (Fsp3) is 0.455. The van der Waals surface area contributed by atoms with Gasteiger partial charge in [-0.15, -0.1) is 0 Å². The van der Waals surface area contributed by atoms with E-state index in [0.29, 0.717) is 11.4 Å². The molecule has 1 aromatic rings. The third-order valence-corrected chi connectivity index (χ3v) is 2.57. The van der Waals surface area contributed by atoms with Crippen molar-refractivity contribution in [1.82, 2.24) is 0 Å². The predicted octanol–water partition coefficient (Wildman–Crippen LogP) is -0.295. The summed E-state index contributed by atoms with van der Waals surface area (Å²) in [7, 11) is 0. The Hall–Kier alpha value is -1.30. The van der Waals surface area contributed by atoms with E-state index in [1.165, 1.54) is 0 Å². The molecule has 0 fully saturated rings. The molecule has 0 heterocycles. The highest BCUT2D eigenvalue weighted by atomic mass is 16.3. The third kappa shape index (κ3) is 2.63. The summed E-state index contributed by atoms with van der Waals surface area (Å²) in [5.74, 6) is 0. The van der Waals surface area contributed by atoms with E-state index in [2.05, 4.69) is 5.32 Å². The van der Waals surface area contributed by atoms with Crippen molar-refractivity contribution in [3.05, 3.63) is 23.8 Å². The lowest BCUT2D eigenvalue weighted by Crippen LogP contribution is -2.49. The Morgan fingerprint density at radius 2 is 1.75 bits per heavy atom. The molecule has 16 heavy (non-hydrogen) atoms. The maximum atomic E-state index is 9.18. The number of nitrogens with two attached hydrogens (primary N) is 1. The number of aliphatic hydroxyl groups excluding tert-OH is 3. The number of hydrogen-bond donors (Lipinski definition) is 5. The smallest absolute Gasteiger partial charge is 0.107 e. The highest BCUT2D eigenvalue weighted by Gasteiger charge is 2.28. The average molecular weight is 226 g/mol. The monoisotopic (exact) mass is 226 g/mol. The third-order valence-electron chi connectivity index (χ3n) is 2.57. The van der Waals surface area contributed by atoms with E-state index in [4.69, 9.17) is 5.73 Å². The van der Waals surface area contributed by atoms with Crippen LogP contribution in [0.25, 0.3) is 0 Å². The summed E-state index contributed by atoms with van der Waals surface area (Å²) in [6.07, 6.45) is 0. The van der Waals surface area contributed by atoms with Gasteiger partial charge < -0.3 is 26.4 Å². The van der Waals surface area contributed by atoms with Crippen LogP contribution >= 0.6 is 0 Å². The molecule has 1 aromatic carbocycles. The molecule has 0 bridgehead atoms. The molecule has 0 aliphatic carbocycles. The second-order valence-corrected chi connectivity index (χ2v) is 3.95. The molecule has 0 atom stereocenters. The SMILES string of the molecule is Cc1ccc(N)cc1NC(CO)(CO)CO. The first-order valence-electron chi connectivity index (χ1n) is 5.04. The molecule has 0 aliphatic heterocycles. The number of aryl methyl sites for hydroxylation is 1. The van der Waals surface area contributed by atoms with Gasteiger partial charge >= 0.3 is 0 Å². The normalized spacial score (nSPS) is 11.5. The maximum absolute atomic E-state index is 9.18. The second kappa shape index (κ2) is 5.16. The molecule has 0 saturated carbocycles. The van der Waals surface area contributed by atoms with Gasteiger partial charge in [0, 0.05) is 11.4 Å². The summed E-state index contributed by atoms with van der Waals surface area (Å²) in [6.45, 7) is 0.773. The van der Waals surface area contributed by atoms with E-state index >= 15 is 0 Å². The van der Waals surface area contributed by atoms with Crippen molar-refractivity contribution >= 4 is 11.4 Å². The van der Waals surface area contributed by atoms with Crippen molar-refractivity contribution < 1.29 is 15.3 Å². The fourth-order valence-corrected chi connectivity index (χ4v) is 1.33. The van der Waals surface area contributed by atoms with Crippen LogP contribution in [-0.4, -0.2) is 40.7 Å². The van der Waals surface area contributed by atoms with Crippen molar-refractivity contribution in [1.29, 1.82) is 0 Å². The van der Waals surface area contributed by atoms with Gasteiger partial charge in [0.05, 0.1) is 19.8 Å². The Kier molecular flexibility index (Phi) is 4.12. The lowest BCUT2D eigenvalue weighted by molar-refractivity contribution is 0.0833. The standard InChI is InChI=1S/C11H18N2O3/c1-8-2-3-9(12)4-10(8)13-11(5-14,6-15)7-16/h2-4,13-16H,5-7,12H2,1H3. The van der Waals surface area contributed by atoms with Gasteiger partial charge in [0.15, 0.2) is 0 Å². The van der Waals surface area contributed by atoms with Crippen LogP contribution in [-0.2, 0) is 0 Å². The van der Waals surface area contributed by atoms with Crippen molar-refractivity contribution in [3.63, 3.8) is 0 Å². The van der Waals surface area contributed by atoms with Crippen LogP contribution in [0.2, 0.25) is 0 Å². The quantitative estimate of drug-likeness (QED) is 0.444. The van der Waals surface area contributed by atoms with Gasteiger partial charge in [-0.05, 0) is 24.6 Å². The first-order valence-corrected chi connectivity index (χ1v) is 5.04. The lowest BCUT2D eigenvalue weighted by atomic mass is 10.0. The van der Waals surface area contributed by atoms with Crippen LogP contribution < -0.4 is 11.1 Å². The van der Waals surface area contributed by atoms with Crippen LogP contribution in [0.5, 0.6) is 0 Å². The van der Waals surface area contributed by atoms with Gasteiger partial charge in [0.2, 0.25) is 0 Å². The molecule has 0 spiro atoms. The highest BCUT2D eigenvalue weighted by molar-refractivity contribution is 5.60. The predicted molar refractivity (Wildman–Crippen MR) is 63.2 cm³/mol. The molecule has 90 valence electrons. The van der Waals surface area contributed by atoms with Gasteiger partial charge in [0.1, 0.15) is 5.54 Å². The Morgan fingerprint density at radius 1 is 1.19 bits per heavy atom. The first-order chi connectivity index (χ1) is 7.56. The van der Waals surface area contributed by atoms with E-state index in [-0.39, 0.29) is 19.8 Å². The molecule has 0 aliphatic rings. The van der Waals surface area contributed by atoms with Gasteiger partial charge in [0.25, 0.3) is 0 Å². The Labute approximate surface area is 94.5 Å². The van der Waals surface area contributed by atoms with Gasteiger partial charge in [-0.1, -0.05) is 6.07 Å². The molecular weight excluding hydrogens is 208 g/mol. The molecular formula is C11H18N2O3. The lowest BCUT2D eigenvalue weighted by Gasteiger charge is -2.30. The number of benzene rings is 1. The van der Waals surface area contributed by atoms with Crippen molar-refractivity contribution in [2.75, 3.05) is 30.9 Å². The largest absolute Gasteiger partial charge is 0.399 e. The summed E-state index contributed by atoms with van der Waals surface area (Å²) < 4.78 is 0. The maximum Gasteiger partial charge on any atom is 0.107 e. The molecule has 0 radical (unpaired) electrons. The van der Waals surface area contributed by atoms with Crippen LogP contribution in [0.3, 0.4) is 0 Å². The summed E-state index contributed by atoms with van der Waals surface area (Å²) >= 11 is 0. The van der Waals surface area contributed by atoms with Crippen LogP contribution in [0, 0.1) is 6.92 Å². The van der Waals surface area contributed by atoms with E-state index in [0.717, 1.165) is 5.56 Å². The van der Waals surface area contributed by atoms with E-state index in [9.17, 15) is 15.3 Å². The highest BCUT2D eigenvalue weighted by Crippen LogP contribution is 2.22. The minimum Gasteiger partial charge on any atom is -0.399 e.